The maximum Gasteiger partial charge on any atom is 0.343 e. The number of aromatic hydroxyl groups is 1. The summed E-state index contributed by atoms with van der Waals surface area (Å²) in [5.74, 6) is -0.563. The van der Waals surface area contributed by atoms with Crippen molar-refractivity contribution in [2.45, 2.75) is 38.5 Å². The lowest BCUT2D eigenvalue weighted by Gasteiger charge is -2.31. The van der Waals surface area contributed by atoms with Crippen LogP contribution in [0.3, 0.4) is 0 Å². The fraction of sp³-hybridized carbons (Fsp3) is 0.261. The summed E-state index contributed by atoms with van der Waals surface area (Å²) in [6, 6.07) is 7.08. The van der Waals surface area contributed by atoms with Crippen molar-refractivity contribution in [3.63, 3.8) is 0 Å². The third-order valence-electron chi connectivity index (χ3n) is 6.07. The summed E-state index contributed by atoms with van der Waals surface area (Å²) in [6.07, 6.45) is 2.32. The zero-order valence-electron chi connectivity index (χ0n) is 16.4. The number of hydrogen-bond acceptors (Lipinski definition) is 6. The molecule has 0 amide bonds. The van der Waals surface area contributed by atoms with Crippen LogP contribution in [0.2, 0.25) is 0 Å². The molecule has 30 heavy (non-hydrogen) atoms. The number of allylic oxidation sites excluding steroid dienone is 1. The van der Waals surface area contributed by atoms with Crippen LogP contribution >= 0.6 is 0 Å². The first-order valence-electron chi connectivity index (χ1n) is 9.81. The van der Waals surface area contributed by atoms with Gasteiger partial charge in [0.2, 0.25) is 0 Å². The van der Waals surface area contributed by atoms with Crippen LogP contribution in [0.25, 0.3) is 22.3 Å². The fourth-order valence-electron chi connectivity index (χ4n) is 4.38. The van der Waals surface area contributed by atoms with Crippen LogP contribution in [-0.2, 0) is 34.7 Å². The molecule has 0 bridgehead atoms. The van der Waals surface area contributed by atoms with Gasteiger partial charge in [-0.3, -0.25) is 4.79 Å². The number of hydrogen-bond donors (Lipinski definition) is 2. The minimum Gasteiger partial charge on any atom is -0.508 e. The number of cyclic esters (lactones) is 1. The van der Waals surface area contributed by atoms with Gasteiger partial charge >= 0.3 is 5.97 Å². The third kappa shape index (κ3) is 2.39. The molecule has 0 saturated carbocycles. The normalized spacial score (nSPS) is 19.2. The summed E-state index contributed by atoms with van der Waals surface area (Å²) in [7, 11) is 0. The molecule has 3 aromatic rings. The second kappa shape index (κ2) is 6.27. The standard InChI is InChI=1S/C23H20N2O5/c1-3-5-12-7-17-13(8-19(12)26)6-14-10-25-18(20(14)24-17)9-16-15(21(25)27)11-30-22(28)23(16,29)4-2/h3,6-9,26,29H,1,4-5,10-11H2,2H3/t23-/m0/s1. The van der Waals surface area contributed by atoms with Crippen molar-refractivity contribution in [3.05, 3.63) is 69.5 Å². The van der Waals surface area contributed by atoms with Crippen LogP contribution < -0.4 is 5.56 Å². The van der Waals surface area contributed by atoms with Gasteiger partial charge in [0.05, 0.1) is 29.0 Å². The van der Waals surface area contributed by atoms with Crippen molar-refractivity contribution in [1.82, 2.24) is 9.55 Å². The largest absolute Gasteiger partial charge is 0.508 e. The number of carbonyl (C=O) groups excluding carboxylic acids is 1. The lowest BCUT2D eigenvalue weighted by atomic mass is 9.86. The van der Waals surface area contributed by atoms with E-state index in [0.717, 1.165) is 10.9 Å². The van der Waals surface area contributed by atoms with E-state index in [-0.39, 0.29) is 24.3 Å². The monoisotopic (exact) mass is 404 g/mol. The molecule has 0 saturated heterocycles. The first-order chi connectivity index (χ1) is 14.4. The molecule has 7 nitrogen and oxygen atoms in total. The minimum atomic E-state index is -1.84. The summed E-state index contributed by atoms with van der Waals surface area (Å²) < 4.78 is 6.68. The Balaban J connectivity index is 1.76. The Morgan fingerprint density at radius 1 is 1.30 bits per heavy atom. The van der Waals surface area contributed by atoms with Crippen molar-refractivity contribution in [2.75, 3.05) is 0 Å². The quantitative estimate of drug-likeness (QED) is 0.402. The second-order valence-corrected chi connectivity index (χ2v) is 7.77. The molecule has 1 atom stereocenters. The summed E-state index contributed by atoms with van der Waals surface area (Å²) >= 11 is 0. The molecule has 0 aliphatic carbocycles. The van der Waals surface area contributed by atoms with E-state index in [1.807, 2.05) is 12.1 Å². The highest BCUT2D eigenvalue weighted by molar-refractivity contribution is 5.87. The number of aliphatic hydroxyl groups is 1. The highest BCUT2D eigenvalue weighted by Gasteiger charge is 2.45. The Hall–Kier alpha value is -3.45. The van der Waals surface area contributed by atoms with Crippen LogP contribution in [0.1, 0.15) is 35.6 Å². The molecule has 0 spiro atoms. The molecule has 5 rings (SSSR count). The highest BCUT2D eigenvalue weighted by atomic mass is 16.6. The molecule has 0 unspecified atom stereocenters. The number of aromatic nitrogens is 2. The van der Waals surface area contributed by atoms with Gasteiger partial charge in [-0.2, -0.15) is 0 Å². The van der Waals surface area contributed by atoms with Gasteiger partial charge in [-0.25, -0.2) is 9.78 Å². The van der Waals surface area contributed by atoms with Crippen molar-refractivity contribution in [1.29, 1.82) is 0 Å². The van der Waals surface area contributed by atoms with Gasteiger partial charge in [-0.1, -0.05) is 13.0 Å². The van der Waals surface area contributed by atoms with Gasteiger partial charge in [0.25, 0.3) is 5.56 Å². The molecule has 0 fully saturated rings. The van der Waals surface area contributed by atoms with Crippen LogP contribution in [-0.4, -0.2) is 25.7 Å². The van der Waals surface area contributed by atoms with Crippen molar-refractivity contribution < 1.29 is 19.7 Å². The Morgan fingerprint density at radius 3 is 2.83 bits per heavy atom. The lowest BCUT2D eigenvalue weighted by molar-refractivity contribution is -0.172. The van der Waals surface area contributed by atoms with Gasteiger partial charge in [0.1, 0.15) is 12.4 Å². The van der Waals surface area contributed by atoms with Gasteiger partial charge in [-0.05, 0) is 42.7 Å². The van der Waals surface area contributed by atoms with Gasteiger partial charge in [0, 0.05) is 16.5 Å². The number of ether oxygens (including phenoxy) is 1. The Kier molecular flexibility index (Phi) is 3.88. The van der Waals surface area contributed by atoms with Gasteiger partial charge in [0.15, 0.2) is 5.60 Å². The number of phenolic OH excluding ortho intramolecular Hbond substituents is 1. The third-order valence-corrected chi connectivity index (χ3v) is 6.07. The first kappa shape index (κ1) is 18.6. The lowest BCUT2D eigenvalue weighted by Crippen LogP contribution is -2.44. The van der Waals surface area contributed by atoms with Crippen molar-refractivity contribution >= 4 is 16.9 Å². The first-order valence-corrected chi connectivity index (χ1v) is 9.81. The number of fused-ring (bicyclic) bond motifs is 5. The van der Waals surface area contributed by atoms with E-state index in [1.165, 1.54) is 0 Å². The van der Waals surface area contributed by atoms with Gasteiger partial charge < -0.3 is 19.5 Å². The maximum atomic E-state index is 13.2. The van der Waals surface area contributed by atoms with E-state index < -0.39 is 11.6 Å². The number of rotatable bonds is 3. The molecule has 152 valence electrons. The Morgan fingerprint density at radius 2 is 2.10 bits per heavy atom. The van der Waals surface area contributed by atoms with Crippen molar-refractivity contribution in [3.8, 4) is 17.1 Å². The summed E-state index contributed by atoms with van der Waals surface area (Å²) in [6.45, 7) is 5.56. The maximum absolute atomic E-state index is 13.2. The number of pyridine rings is 2. The molecule has 2 aromatic heterocycles. The molecule has 0 radical (unpaired) electrons. The minimum absolute atomic E-state index is 0.101. The molecule has 2 aliphatic rings. The zero-order valence-corrected chi connectivity index (χ0v) is 16.4. The average molecular weight is 404 g/mol. The predicted octanol–water partition coefficient (Wildman–Crippen LogP) is 2.51. The molecule has 2 aliphatic heterocycles. The van der Waals surface area contributed by atoms with Crippen LogP contribution in [0.5, 0.6) is 5.75 Å². The second-order valence-electron chi connectivity index (χ2n) is 7.77. The zero-order chi connectivity index (χ0) is 21.2. The van der Waals surface area contributed by atoms with E-state index in [0.29, 0.717) is 46.6 Å². The average Bonchev–Trinajstić information content (AvgIpc) is 3.08. The summed E-state index contributed by atoms with van der Waals surface area (Å²) in [5, 5.41) is 21.9. The Labute approximate surface area is 171 Å². The van der Waals surface area contributed by atoms with Crippen LogP contribution in [0.4, 0.5) is 0 Å². The summed E-state index contributed by atoms with van der Waals surface area (Å²) in [4.78, 5) is 30.2. The number of carbonyl (C=O) groups is 1. The molecular weight excluding hydrogens is 384 g/mol. The Bertz CT molecular complexity index is 1320. The molecule has 7 heteroatoms. The predicted molar refractivity (Wildman–Crippen MR) is 110 cm³/mol. The fourth-order valence-corrected chi connectivity index (χ4v) is 4.38. The highest BCUT2D eigenvalue weighted by Crippen LogP contribution is 2.39. The SMILES string of the molecule is C=CCc1cc2nc3c(cc2cc1O)Cn1c-3cc2c(c1=O)COC(=O)[C@]2(O)CC. The van der Waals surface area contributed by atoms with Gasteiger partial charge in [-0.15, -0.1) is 6.58 Å². The van der Waals surface area contributed by atoms with E-state index >= 15 is 0 Å². The topological polar surface area (TPSA) is 102 Å². The number of esters is 1. The van der Waals surface area contributed by atoms with Crippen molar-refractivity contribution in [2.24, 2.45) is 0 Å². The van der Waals surface area contributed by atoms with E-state index in [9.17, 15) is 19.8 Å². The van der Waals surface area contributed by atoms with Crippen LogP contribution in [0.15, 0.2) is 41.7 Å². The number of phenols is 1. The molecule has 2 N–H and O–H groups in total. The summed E-state index contributed by atoms with van der Waals surface area (Å²) in [5.41, 5.74) is 1.90. The van der Waals surface area contributed by atoms with E-state index in [2.05, 4.69) is 6.58 Å². The van der Waals surface area contributed by atoms with E-state index in [4.69, 9.17) is 9.72 Å². The molecule has 4 heterocycles. The van der Waals surface area contributed by atoms with E-state index in [1.54, 1.807) is 29.7 Å². The number of benzene rings is 1. The number of nitrogens with zero attached hydrogens (tertiary/aromatic N) is 2. The smallest absolute Gasteiger partial charge is 0.343 e. The molecule has 1 aromatic carbocycles. The molecular formula is C23H20N2O5. The van der Waals surface area contributed by atoms with Crippen LogP contribution in [0, 0.1) is 0 Å².